The Bertz CT molecular complexity index is 1010. The highest BCUT2D eigenvalue weighted by Crippen LogP contribution is 2.24. The highest BCUT2D eigenvalue weighted by molar-refractivity contribution is 6.13. The van der Waals surface area contributed by atoms with Crippen LogP contribution in [0.5, 0.6) is 0 Å². The average molecular weight is 332 g/mol. The molecule has 0 aliphatic rings. The van der Waals surface area contributed by atoms with Crippen LogP contribution in [-0.4, -0.2) is 11.0 Å². The molecule has 5 heteroatoms. The molecule has 122 valence electrons. The number of hydrogen-bond acceptors (Lipinski definition) is 3. The summed E-state index contributed by atoms with van der Waals surface area (Å²) in [6.07, 6.45) is 0. The van der Waals surface area contributed by atoms with Crippen LogP contribution in [-0.2, 0) is 4.79 Å². The average Bonchev–Trinajstić information content (AvgIpc) is 2.63. The van der Waals surface area contributed by atoms with E-state index in [-0.39, 0.29) is 5.56 Å². The van der Waals surface area contributed by atoms with Crippen LogP contribution in [0.4, 0.5) is 10.1 Å². The van der Waals surface area contributed by atoms with Gasteiger partial charge in [0.2, 0.25) is 0 Å². The van der Waals surface area contributed by atoms with Gasteiger partial charge in [-0.25, -0.2) is 4.39 Å². The zero-order chi connectivity index (χ0) is 17.8. The van der Waals surface area contributed by atoms with E-state index < -0.39 is 23.1 Å². The maximum Gasteiger partial charge on any atom is 0.270 e. The van der Waals surface area contributed by atoms with Crippen LogP contribution >= 0.6 is 0 Å². The van der Waals surface area contributed by atoms with E-state index in [1.807, 2.05) is 30.3 Å². The van der Waals surface area contributed by atoms with Crippen LogP contribution in [0, 0.1) is 17.1 Å². The Morgan fingerprint density at radius 2 is 1.68 bits per heavy atom. The first-order valence-corrected chi connectivity index (χ1v) is 7.48. The van der Waals surface area contributed by atoms with E-state index in [0.29, 0.717) is 5.69 Å². The number of halogens is 1. The lowest BCUT2D eigenvalue weighted by molar-refractivity contribution is -0.112. The third-order valence-corrected chi connectivity index (χ3v) is 3.73. The summed E-state index contributed by atoms with van der Waals surface area (Å²) in [6.45, 7) is 0. The number of nitriles is 1. The third kappa shape index (κ3) is 3.33. The van der Waals surface area contributed by atoms with Crippen LogP contribution in [0.1, 0.15) is 5.56 Å². The van der Waals surface area contributed by atoms with Crippen molar-refractivity contribution in [3.05, 3.63) is 83.7 Å². The summed E-state index contributed by atoms with van der Waals surface area (Å²) in [6, 6.07) is 19.5. The van der Waals surface area contributed by atoms with Crippen molar-refractivity contribution in [1.82, 2.24) is 0 Å². The number of anilines is 1. The minimum absolute atomic E-state index is 0.186. The summed E-state index contributed by atoms with van der Waals surface area (Å²) < 4.78 is 13.0. The predicted octanol–water partition coefficient (Wildman–Crippen LogP) is 4.41. The van der Waals surface area contributed by atoms with Crippen molar-refractivity contribution < 1.29 is 14.3 Å². The largest absolute Gasteiger partial charge is 0.506 e. The van der Waals surface area contributed by atoms with Crippen LogP contribution in [0.15, 0.2) is 72.3 Å². The molecule has 0 aliphatic heterocycles. The van der Waals surface area contributed by atoms with Crippen molar-refractivity contribution in [3.8, 4) is 6.07 Å². The lowest BCUT2D eigenvalue weighted by Gasteiger charge is -2.09. The van der Waals surface area contributed by atoms with E-state index in [0.717, 1.165) is 22.9 Å². The van der Waals surface area contributed by atoms with Gasteiger partial charge in [-0.05, 0) is 35.7 Å². The highest BCUT2D eigenvalue weighted by Gasteiger charge is 2.17. The van der Waals surface area contributed by atoms with Gasteiger partial charge in [-0.1, -0.05) is 36.4 Å². The predicted molar refractivity (Wildman–Crippen MR) is 94.1 cm³/mol. The number of amides is 1. The van der Waals surface area contributed by atoms with Crippen LogP contribution in [0.2, 0.25) is 0 Å². The number of hydrogen-bond donors (Lipinski definition) is 2. The molecule has 3 aromatic carbocycles. The Labute approximate surface area is 143 Å². The first-order valence-electron chi connectivity index (χ1n) is 7.48. The number of carbonyl (C=O) groups excluding carboxylic acids is 1. The number of carbonyl (C=O) groups is 1. The van der Waals surface area contributed by atoms with E-state index in [2.05, 4.69) is 5.32 Å². The number of aliphatic hydroxyl groups is 1. The second-order valence-corrected chi connectivity index (χ2v) is 5.32. The van der Waals surface area contributed by atoms with E-state index in [1.165, 1.54) is 12.1 Å². The number of rotatable bonds is 3. The van der Waals surface area contributed by atoms with Crippen LogP contribution in [0.3, 0.4) is 0 Å². The standard InChI is InChI=1S/C20H13FN2O2/c21-15-10-8-14(9-11-15)19(24)17(12-22)20(25)23-18-7-3-5-13-4-1-2-6-16(13)18/h1-11,24H,(H,23,25)/b19-17-. The molecule has 2 N–H and O–H groups in total. The van der Waals surface area contributed by atoms with E-state index in [9.17, 15) is 19.6 Å². The van der Waals surface area contributed by atoms with Gasteiger partial charge in [-0.2, -0.15) is 5.26 Å². The molecule has 0 heterocycles. The van der Waals surface area contributed by atoms with Gasteiger partial charge in [0.1, 0.15) is 17.6 Å². The monoisotopic (exact) mass is 332 g/mol. The Kier molecular flexibility index (Phi) is 4.44. The first kappa shape index (κ1) is 16.2. The summed E-state index contributed by atoms with van der Waals surface area (Å²) in [5, 5.41) is 23.9. The van der Waals surface area contributed by atoms with Crippen molar-refractivity contribution in [3.63, 3.8) is 0 Å². The van der Waals surface area contributed by atoms with Gasteiger partial charge in [0.05, 0.1) is 0 Å². The van der Waals surface area contributed by atoms with E-state index >= 15 is 0 Å². The zero-order valence-electron chi connectivity index (χ0n) is 13.0. The summed E-state index contributed by atoms with van der Waals surface area (Å²) in [5.41, 5.74) is 0.272. The maximum absolute atomic E-state index is 13.0. The van der Waals surface area contributed by atoms with Crippen molar-refractivity contribution in [1.29, 1.82) is 5.26 Å². The second kappa shape index (κ2) is 6.85. The molecular formula is C20H13FN2O2. The lowest BCUT2D eigenvalue weighted by atomic mass is 10.1. The fourth-order valence-corrected chi connectivity index (χ4v) is 2.48. The molecular weight excluding hydrogens is 319 g/mol. The fourth-order valence-electron chi connectivity index (χ4n) is 2.48. The normalized spacial score (nSPS) is 11.5. The van der Waals surface area contributed by atoms with E-state index in [4.69, 9.17) is 0 Å². The molecule has 0 radical (unpaired) electrons. The molecule has 0 saturated carbocycles. The maximum atomic E-state index is 13.0. The molecule has 0 spiro atoms. The van der Waals surface area contributed by atoms with Gasteiger partial charge in [0.25, 0.3) is 5.91 Å². The SMILES string of the molecule is N#C/C(C(=O)Nc1cccc2ccccc12)=C(/O)c1ccc(F)cc1. The molecule has 0 unspecified atom stereocenters. The number of benzene rings is 3. The molecule has 4 nitrogen and oxygen atoms in total. The molecule has 3 rings (SSSR count). The van der Waals surface area contributed by atoms with E-state index in [1.54, 1.807) is 18.2 Å². The summed E-state index contributed by atoms with van der Waals surface area (Å²) in [5.74, 6) is -1.71. The van der Waals surface area contributed by atoms with Crippen molar-refractivity contribution in [2.75, 3.05) is 5.32 Å². The van der Waals surface area contributed by atoms with Gasteiger partial charge in [0.15, 0.2) is 5.57 Å². The summed E-state index contributed by atoms with van der Waals surface area (Å²) in [7, 11) is 0. The highest BCUT2D eigenvalue weighted by atomic mass is 19.1. The quantitative estimate of drug-likeness (QED) is 0.424. The number of nitrogens with one attached hydrogen (secondary N) is 1. The smallest absolute Gasteiger partial charge is 0.270 e. The molecule has 1 amide bonds. The molecule has 0 aliphatic carbocycles. The van der Waals surface area contributed by atoms with Gasteiger partial charge < -0.3 is 10.4 Å². The van der Waals surface area contributed by atoms with Crippen LogP contribution < -0.4 is 5.32 Å². The third-order valence-electron chi connectivity index (χ3n) is 3.73. The second-order valence-electron chi connectivity index (χ2n) is 5.32. The zero-order valence-corrected chi connectivity index (χ0v) is 13.0. The Morgan fingerprint density at radius 3 is 2.40 bits per heavy atom. The van der Waals surface area contributed by atoms with Crippen molar-refractivity contribution in [2.45, 2.75) is 0 Å². The van der Waals surface area contributed by atoms with Gasteiger partial charge in [-0.15, -0.1) is 0 Å². The molecule has 0 bridgehead atoms. The topological polar surface area (TPSA) is 73.1 Å². The Balaban J connectivity index is 1.96. The number of aliphatic hydroxyl groups excluding tert-OH is 1. The minimum atomic E-state index is -0.735. The summed E-state index contributed by atoms with van der Waals surface area (Å²) >= 11 is 0. The molecule has 0 fully saturated rings. The molecule has 0 saturated heterocycles. The Morgan fingerprint density at radius 1 is 1.00 bits per heavy atom. The lowest BCUT2D eigenvalue weighted by Crippen LogP contribution is -2.15. The fraction of sp³-hybridized carbons (Fsp3) is 0. The number of fused-ring (bicyclic) bond motifs is 1. The Hall–Kier alpha value is -3.65. The first-order chi connectivity index (χ1) is 12.1. The van der Waals surface area contributed by atoms with Gasteiger partial charge in [-0.3, -0.25) is 4.79 Å². The molecule has 0 atom stereocenters. The molecule has 25 heavy (non-hydrogen) atoms. The van der Waals surface area contributed by atoms with Crippen molar-refractivity contribution >= 4 is 28.1 Å². The molecule has 0 aromatic heterocycles. The van der Waals surface area contributed by atoms with Gasteiger partial charge >= 0.3 is 0 Å². The minimum Gasteiger partial charge on any atom is -0.506 e. The van der Waals surface area contributed by atoms with Crippen molar-refractivity contribution in [2.24, 2.45) is 0 Å². The number of nitrogens with zero attached hydrogens (tertiary/aromatic N) is 1. The van der Waals surface area contributed by atoms with Gasteiger partial charge in [0, 0.05) is 16.6 Å². The summed E-state index contributed by atoms with van der Waals surface area (Å²) in [4.78, 5) is 12.4. The van der Waals surface area contributed by atoms with Crippen LogP contribution in [0.25, 0.3) is 16.5 Å². The molecule has 3 aromatic rings.